The first-order valence-corrected chi connectivity index (χ1v) is 15.8. The minimum absolute atomic E-state index is 0.191. The number of carbonyl (C=O) groups excluding carboxylic acids is 1. The molecule has 0 bridgehead atoms. The largest absolute Gasteiger partial charge is 0.543 e. The van der Waals surface area contributed by atoms with Gasteiger partial charge in [0, 0.05) is 12.8 Å². The number of carboxylic acid groups (broad SMARTS) is 1. The first kappa shape index (κ1) is 34.3. The molecule has 0 saturated carbocycles. The fourth-order valence-corrected chi connectivity index (χ4v) is 6.84. The van der Waals surface area contributed by atoms with Gasteiger partial charge in [0.25, 0.3) is 4.87 Å². The number of carbonyl (C=O) groups is 1. The summed E-state index contributed by atoms with van der Waals surface area (Å²) in [6.45, 7) is 7.75. The third-order valence-corrected chi connectivity index (χ3v) is 10.1. The van der Waals surface area contributed by atoms with E-state index >= 15 is 0 Å². The van der Waals surface area contributed by atoms with E-state index in [1.807, 2.05) is 13.8 Å². The molecule has 0 amide bonds. The SMILES string of the molecule is CCCCCCCCCCCCCCCCCCC(C)(C)[N+](C)(C)C(CCC)(C(=O)[O-])S(=O)(=O)O. The second kappa shape index (κ2) is 17.0. The van der Waals surface area contributed by atoms with Crippen molar-refractivity contribution in [2.24, 2.45) is 0 Å². The zero-order chi connectivity index (χ0) is 27.0. The van der Waals surface area contributed by atoms with Crippen molar-refractivity contribution in [2.45, 2.75) is 160 Å². The highest BCUT2D eigenvalue weighted by molar-refractivity contribution is 7.87. The molecule has 35 heavy (non-hydrogen) atoms. The van der Waals surface area contributed by atoms with E-state index in [1.165, 1.54) is 83.5 Å². The molecule has 1 N–H and O–H groups in total. The van der Waals surface area contributed by atoms with E-state index in [9.17, 15) is 22.9 Å². The average molecular weight is 520 g/mol. The minimum Gasteiger partial charge on any atom is -0.543 e. The summed E-state index contributed by atoms with van der Waals surface area (Å²) in [6.07, 6.45) is 21.3. The molecule has 0 rings (SSSR count). The molecule has 0 fully saturated rings. The number of nitrogens with zero attached hydrogens (tertiary/aromatic N) is 1. The summed E-state index contributed by atoms with van der Waals surface area (Å²) in [5.41, 5.74) is -0.666. The van der Waals surface area contributed by atoms with Gasteiger partial charge in [0.15, 0.2) is 0 Å². The standard InChI is InChI=1S/C28H57NO5S/c1-7-9-10-11-12-13-14-15-16-17-18-19-20-21-22-23-25-27(3,4)29(5,6)28(24-8-2,26(30)31)35(32,33)34/h7-25H2,1-6H3,(H-,30,31,32,33,34). The lowest BCUT2D eigenvalue weighted by Gasteiger charge is -2.55. The maximum atomic E-state index is 12.3. The molecule has 7 heteroatoms. The molecule has 0 aromatic rings. The van der Waals surface area contributed by atoms with Gasteiger partial charge in [0.1, 0.15) is 5.97 Å². The highest BCUT2D eigenvalue weighted by atomic mass is 32.2. The fraction of sp³-hybridized carbons (Fsp3) is 0.964. The molecule has 1 atom stereocenters. The molecule has 0 aliphatic carbocycles. The molecule has 0 aromatic carbocycles. The van der Waals surface area contributed by atoms with Crippen LogP contribution in [0.25, 0.3) is 0 Å². The lowest BCUT2D eigenvalue weighted by molar-refractivity contribution is -0.965. The summed E-state index contributed by atoms with van der Waals surface area (Å²) in [6, 6.07) is 0. The van der Waals surface area contributed by atoms with Crippen LogP contribution in [0, 0.1) is 0 Å². The van der Waals surface area contributed by atoms with Crippen LogP contribution in [0.2, 0.25) is 0 Å². The topological polar surface area (TPSA) is 94.5 Å². The van der Waals surface area contributed by atoms with E-state index in [0.29, 0.717) is 12.8 Å². The highest BCUT2D eigenvalue weighted by Crippen LogP contribution is 2.41. The molecule has 0 heterocycles. The molecular formula is C28H57NO5S. The van der Waals surface area contributed by atoms with Gasteiger partial charge in [-0.1, -0.05) is 110 Å². The second-order valence-electron chi connectivity index (χ2n) is 11.6. The number of quaternary nitrogens is 1. The molecule has 1 unspecified atom stereocenters. The van der Waals surface area contributed by atoms with Gasteiger partial charge in [-0.05, 0) is 26.7 Å². The summed E-state index contributed by atoms with van der Waals surface area (Å²) < 4.78 is 34.3. The quantitative estimate of drug-likeness (QED) is 0.0929. The van der Waals surface area contributed by atoms with Gasteiger partial charge in [0.2, 0.25) is 0 Å². The van der Waals surface area contributed by atoms with Crippen LogP contribution in [0.1, 0.15) is 150 Å². The first-order chi connectivity index (χ1) is 16.3. The maximum absolute atomic E-state index is 12.3. The van der Waals surface area contributed by atoms with Gasteiger partial charge in [-0.25, -0.2) is 0 Å². The van der Waals surface area contributed by atoms with Crippen molar-refractivity contribution in [1.82, 2.24) is 0 Å². The van der Waals surface area contributed by atoms with Gasteiger partial charge in [0.05, 0.1) is 19.6 Å². The van der Waals surface area contributed by atoms with Crippen molar-refractivity contribution in [2.75, 3.05) is 14.1 Å². The summed E-state index contributed by atoms with van der Waals surface area (Å²) in [7, 11) is -1.70. The first-order valence-electron chi connectivity index (χ1n) is 14.3. The van der Waals surface area contributed by atoms with E-state index in [1.54, 1.807) is 21.0 Å². The molecule has 0 aliphatic rings. The Morgan fingerprint density at radius 3 is 1.31 bits per heavy atom. The lowest BCUT2D eigenvalue weighted by Crippen LogP contribution is -2.77. The van der Waals surface area contributed by atoms with Crippen molar-refractivity contribution >= 4 is 16.1 Å². The van der Waals surface area contributed by atoms with Crippen molar-refractivity contribution < 1.29 is 27.4 Å². The van der Waals surface area contributed by atoms with Gasteiger partial charge >= 0.3 is 10.1 Å². The zero-order valence-electron chi connectivity index (χ0n) is 23.9. The smallest absolute Gasteiger partial charge is 0.328 e. The molecule has 0 saturated heterocycles. The number of hydrogen-bond acceptors (Lipinski definition) is 4. The predicted octanol–water partition coefficient (Wildman–Crippen LogP) is 6.63. The number of likely N-dealkylation sites (N-methyl/N-ethyl adjacent to an activating group) is 1. The molecule has 0 aliphatic heterocycles. The van der Waals surface area contributed by atoms with Crippen molar-refractivity contribution in [3.05, 3.63) is 0 Å². The number of hydrogen-bond donors (Lipinski definition) is 1. The van der Waals surface area contributed by atoms with Crippen molar-refractivity contribution in [3.63, 3.8) is 0 Å². The molecule has 210 valence electrons. The van der Waals surface area contributed by atoms with Gasteiger partial charge < -0.3 is 9.90 Å². The summed E-state index contributed by atoms with van der Waals surface area (Å²) in [5, 5.41) is 12.1. The predicted molar refractivity (Wildman–Crippen MR) is 145 cm³/mol. The van der Waals surface area contributed by atoms with E-state index in [2.05, 4.69) is 6.92 Å². The average Bonchev–Trinajstić information content (AvgIpc) is 2.75. The van der Waals surface area contributed by atoms with Crippen LogP contribution in [-0.4, -0.2) is 47.9 Å². The van der Waals surface area contributed by atoms with E-state index in [4.69, 9.17) is 0 Å². The van der Waals surface area contributed by atoms with Crippen LogP contribution >= 0.6 is 0 Å². The Morgan fingerprint density at radius 1 is 0.686 bits per heavy atom. The highest BCUT2D eigenvalue weighted by Gasteiger charge is 2.62. The van der Waals surface area contributed by atoms with E-state index < -0.39 is 26.5 Å². The Balaban J connectivity index is 4.28. The van der Waals surface area contributed by atoms with Gasteiger partial charge in [-0.3, -0.25) is 9.04 Å². The van der Waals surface area contributed by atoms with Crippen LogP contribution in [-0.2, 0) is 14.9 Å². The third-order valence-electron chi connectivity index (χ3n) is 8.39. The Bertz CT molecular complexity index is 675. The summed E-state index contributed by atoms with van der Waals surface area (Å²) >= 11 is 0. The van der Waals surface area contributed by atoms with Crippen LogP contribution in [0.5, 0.6) is 0 Å². The molecule has 0 spiro atoms. The van der Waals surface area contributed by atoms with Gasteiger partial charge in [-0.2, -0.15) is 8.42 Å². The molecular weight excluding hydrogens is 462 g/mol. The zero-order valence-corrected chi connectivity index (χ0v) is 24.7. The number of unbranched alkanes of at least 4 members (excludes halogenated alkanes) is 15. The number of rotatable bonds is 23. The van der Waals surface area contributed by atoms with Crippen LogP contribution in [0.15, 0.2) is 0 Å². The Kier molecular flexibility index (Phi) is 16.6. The van der Waals surface area contributed by atoms with Crippen LogP contribution < -0.4 is 5.11 Å². The van der Waals surface area contributed by atoms with Crippen LogP contribution in [0.3, 0.4) is 0 Å². The molecule has 0 radical (unpaired) electrons. The number of carboxylic acids is 1. The fourth-order valence-electron chi connectivity index (χ4n) is 5.35. The Morgan fingerprint density at radius 2 is 1.03 bits per heavy atom. The van der Waals surface area contributed by atoms with E-state index in [0.717, 1.165) is 19.3 Å². The van der Waals surface area contributed by atoms with Crippen LogP contribution in [0.4, 0.5) is 0 Å². The Hall–Kier alpha value is -0.660. The van der Waals surface area contributed by atoms with Crippen molar-refractivity contribution in [3.8, 4) is 0 Å². The maximum Gasteiger partial charge on any atom is 0.328 e. The minimum atomic E-state index is -4.88. The van der Waals surface area contributed by atoms with Crippen molar-refractivity contribution in [1.29, 1.82) is 0 Å². The third kappa shape index (κ3) is 10.7. The number of aliphatic carboxylic acids is 1. The molecule has 6 nitrogen and oxygen atoms in total. The lowest BCUT2D eigenvalue weighted by atomic mass is 9.89. The summed E-state index contributed by atoms with van der Waals surface area (Å²) in [5.74, 6) is -1.73. The summed E-state index contributed by atoms with van der Waals surface area (Å²) in [4.78, 5) is 9.73. The molecule has 0 aromatic heterocycles. The van der Waals surface area contributed by atoms with Gasteiger partial charge in [-0.15, -0.1) is 0 Å². The normalized spacial score (nSPS) is 14.7. The van der Waals surface area contributed by atoms with E-state index in [-0.39, 0.29) is 10.9 Å². The monoisotopic (exact) mass is 519 g/mol. The second-order valence-corrected chi connectivity index (χ2v) is 13.2. The Labute approximate surface area is 217 Å².